The van der Waals surface area contributed by atoms with Crippen LogP contribution in [-0.4, -0.2) is 39.1 Å². The van der Waals surface area contributed by atoms with Crippen LogP contribution in [0.5, 0.6) is 0 Å². The third-order valence-electron chi connectivity index (χ3n) is 4.01. The molecule has 0 amide bonds. The minimum absolute atomic E-state index is 0.244. The van der Waals surface area contributed by atoms with Gasteiger partial charge in [0.2, 0.25) is 0 Å². The van der Waals surface area contributed by atoms with Gasteiger partial charge in [0, 0.05) is 31.4 Å². The highest BCUT2D eigenvalue weighted by Crippen LogP contribution is 2.16. The molecule has 2 rings (SSSR count). The van der Waals surface area contributed by atoms with E-state index in [0.29, 0.717) is 0 Å². The highest BCUT2D eigenvalue weighted by atomic mass is 19.1. The van der Waals surface area contributed by atoms with E-state index in [1.807, 2.05) is 18.2 Å². The first kappa shape index (κ1) is 18.1. The van der Waals surface area contributed by atoms with E-state index >= 15 is 0 Å². The molecular formula is C20H27FN3+. The molecule has 0 radical (unpaired) electrons. The monoisotopic (exact) mass is 328 g/mol. The molecule has 0 fully saturated rings. The number of pyridine rings is 1. The van der Waals surface area contributed by atoms with Crippen molar-refractivity contribution in [2.24, 2.45) is 7.05 Å². The van der Waals surface area contributed by atoms with Crippen LogP contribution in [0, 0.1) is 5.95 Å². The minimum atomic E-state index is -0.244. The summed E-state index contributed by atoms with van der Waals surface area (Å²) >= 11 is 0. The highest BCUT2D eigenvalue weighted by molar-refractivity contribution is 5.70. The number of benzene rings is 1. The Labute approximate surface area is 144 Å². The molecule has 3 nitrogen and oxygen atoms in total. The largest absolute Gasteiger partial charge is 0.375 e. The normalized spacial score (nSPS) is 11.4. The van der Waals surface area contributed by atoms with Gasteiger partial charge in [0.25, 0.3) is 0 Å². The molecule has 0 bridgehead atoms. The Balaban J connectivity index is 1.96. The molecule has 0 saturated carbocycles. The van der Waals surface area contributed by atoms with Crippen LogP contribution in [0.3, 0.4) is 0 Å². The Kier molecular flexibility index (Phi) is 6.50. The molecule has 2 aromatic rings. The summed E-state index contributed by atoms with van der Waals surface area (Å²) in [6.45, 7) is 2.13. The molecule has 0 N–H and O–H groups in total. The molecule has 24 heavy (non-hydrogen) atoms. The average molecular weight is 328 g/mol. The lowest BCUT2D eigenvalue weighted by Gasteiger charge is -2.20. The summed E-state index contributed by atoms with van der Waals surface area (Å²) in [6.07, 6.45) is 6.80. The van der Waals surface area contributed by atoms with Crippen molar-refractivity contribution >= 4 is 17.8 Å². The summed E-state index contributed by atoms with van der Waals surface area (Å²) in [5.74, 6) is -0.244. The molecule has 4 heteroatoms. The molecule has 1 heterocycles. The van der Waals surface area contributed by atoms with Gasteiger partial charge in [0.15, 0.2) is 6.20 Å². The van der Waals surface area contributed by atoms with E-state index < -0.39 is 0 Å². The van der Waals surface area contributed by atoms with Gasteiger partial charge in [-0.05, 0) is 50.3 Å². The summed E-state index contributed by atoms with van der Waals surface area (Å²) in [4.78, 5) is 4.47. The number of aryl methyl sites for hydroxylation is 1. The number of hydrogen-bond acceptors (Lipinski definition) is 2. The van der Waals surface area contributed by atoms with Crippen molar-refractivity contribution in [1.82, 2.24) is 4.90 Å². The van der Waals surface area contributed by atoms with Crippen molar-refractivity contribution in [3.05, 3.63) is 59.7 Å². The van der Waals surface area contributed by atoms with Crippen molar-refractivity contribution in [2.45, 2.75) is 6.42 Å². The van der Waals surface area contributed by atoms with E-state index in [1.54, 1.807) is 13.2 Å². The summed E-state index contributed by atoms with van der Waals surface area (Å²) < 4.78 is 15.0. The van der Waals surface area contributed by atoms with Crippen LogP contribution in [0.4, 0.5) is 10.1 Å². The second-order valence-corrected chi connectivity index (χ2v) is 6.40. The first-order valence-corrected chi connectivity index (χ1v) is 8.25. The second-order valence-electron chi connectivity index (χ2n) is 6.40. The van der Waals surface area contributed by atoms with Crippen LogP contribution in [0.2, 0.25) is 0 Å². The molecule has 128 valence electrons. The quantitative estimate of drug-likeness (QED) is 0.571. The van der Waals surface area contributed by atoms with Gasteiger partial charge >= 0.3 is 5.95 Å². The van der Waals surface area contributed by atoms with Crippen molar-refractivity contribution in [2.75, 3.05) is 39.1 Å². The molecular weight excluding hydrogens is 301 g/mol. The number of nitrogens with zero attached hydrogens (tertiary/aromatic N) is 3. The standard InChI is InChI=1S/C20H27FN3/c1-22(2)13-5-14-23(3)19-10-8-17(9-11-19)6-7-18-12-15-24(4)20(21)16-18/h6-12,15-16H,5,13-14H2,1-4H3/q+1. The molecule has 1 aromatic heterocycles. The van der Waals surface area contributed by atoms with Crippen molar-refractivity contribution in [1.29, 1.82) is 0 Å². The minimum Gasteiger partial charge on any atom is -0.375 e. The Bertz CT molecular complexity index is 678. The zero-order chi connectivity index (χ0) is 17.5. The SMILES string of the molecule is CN(C)CCCN(C)c1ccc(/C=C/c2cc[n+](C)c(F)c2)cc1. The molecule has 0 aliphatic carbocycles. The van der Waals surface area contributed by atoms with Gasteiger partial charge in [-0.25, -0.2) is 0 Å². The van der Waals surface area contributed by atoms with Gasteiger partial charge in [0.1, 0.15) is 7.05 Å². The maximum absolute atomic E-state index is 13.5. The third kappa shape index (κ3) is 5.46. The Morgan fingerprint density at radius 2 is 1.62 bits per heavy atom. The van der Waals surface area contributed by atoms with Crippen LogP contribution in [0.1, 0.15) is 17.5 Å². The summed E-state index contributed by atoms with van der Waals surface area (Å²) in [5, 5.41) is 0. The van der Waals surface area contributed by atoms with E-state index in [9.17, 15) is 4.39 Å². The van der Waals surface area contributed by atoms with Gasteiger partial charge in [-0.2, -0.15) is 4.57 Å². The van der Waals surface area contributed by atoms with Gasteiger partial charge in [-0.1, -0.05) is 24.3 Å². The zero-order valence-electron chi connectivity index (χ0n) is 15.0. The van der Waals surface area contributed by atoms with E-state index in [4.69, 9.17) is 0 Å². The van der Waals surface area contributed by atoms with Crippen molar-refractivity contribution < 1.29 is 8.96 Å². The summed E-state index contributed by atoms with van der Waals surface area (Å²) in [5.41, 5.74) is 3.17. The number of anilines is 1. The Morgan fingerprint density at radius 1 is 0.958 bits per heavy atom. The second kappa shape index (κ2) is 8.60. The van der Waals surface area contributed by atoms with Crippen LogP contribution >= 0.6 is 0 Å². The van der Waals surface area contributed by atoms with Crippen molar-refractivity contribution in [3.8, 4) is 0 Å². The first-order valence-electron chi connectivity index (χ1n) is 8.25. The molecule has 0 aliphatic rings. The lowest BCUT2D eigenvalue weighted by atomic mass is 10.1. The van der Waals surface area contributed by atoms with Crippen LogP contribution in [0.25, 0.3) is 12.2 Å². The van der Waals surface area contributed by atoms with Crippen molar-refractivity contribution in [3.63, 3.8) is 0 Å². The molecule has 0 unspecified atom stereocenters. The van der Waals surface area contributed by atoms with Gasteiger partial charge in [-0.15, -0.1) is 4.39 Å². The molecule has 0 spiro atoms. The van der Waals surface area contributed by atoms with E-state index in [1.165, 1.54) is 16.3 Å². The van der Waals surface area contributed by atoms with Crippen LogP contribution < -0.4 is 9.47 Å². The third-order valence-corrected chi connectivity index (χ3v) is 4.01. The van der Waals surface area contributed by atoms with Crippen LogP contribution in [-0.2, 0) is 7.05 Å². The van der Waals surface area contributed by atoms with E-state index in [-0.39, 0.29) is 5.95 Å². The average Bonchev–Trinajstić information content (AvgIpc) is 2.56. The lowest BCUT2D eigenvalue weighted by Crippen LogP contribution is -2.32. The topological polar surface area (TPSA) is 10.4 Å². The maximum atomic E-state index is 13.5. The molecule has 0 saturated heterocycles. The Morgan fingerprint density at radius 3 is 2.25 bits per heavy atom. The summed E-state index contributed by atoms with van der Waals surface area (Å²) in [7, 11) is 8.00. The zero-order valence-corrected chi connectivity index (χ0v) is 15.0. The summed E-state index contributed by atoms with van der Waals surface area (Å²) in [6, 6.07) is 11.9. The predicted octanol–water partition coefficient (Wildman–Crippen LogP) is 3.21. The number of rotatable bonds is 7. The molecule has 0 atom stereocenters. The fourth-order valence-electron chi connectivity index (χ4n) is 2.45. The lowest BCUT2D eigenvalue weighted by molar-refractivity contribution is -0.700. The fourth-order valence-corrected chi connectivity index (χ4v) is 2.45. The van der Waals surface area contributed by atoms with E-state index in [0.717, 1.165) is 30.6 Å². The fraction of sp³-hybridized carbons (Fsp3) is 0.350. The molecule has 1 aromatic carbocycles. The highest BCUT2D eigenvalue weighted by Gasteiger charge is 2.04. The van der Waals surface area contributed by atoms with Gasteiger partial charge in [-0.3, -0.25) is 0 Å². The number of hydrogen-bond donors (Lipinski definition) is 0. The molecule has 0 aliphatic heterocycles. The number of halogens is 1. The number of aromatic nitrogens is 1. The maximum Gasteiger partial charge on any atom is 0.359 e. The van der Waals surface area contributed by atoms with E-state index in [2.05, 4.69) is 55.2 Å². The Hall–Kier alpha value is -2.20. The van der Waals surface area contributed by atoms with Crippen LogP contribution in [0.15, 0.2) is 42.6 Å². The first-order chi connectivity index (χ1) is 11.5. The van der Waals surface area contributed by atoms with Gasteiger partial charge in [0.05, 0.1) is 0 Å². The predicted molar refractivity (Wildman–Crippen MR) is 99.4 cm³/mol. The van der Waals surface area contributed by atoms with Gasteiger partial charge < -0.3 is 9.80 Å². The smallest absolute Gasteiger partial charge is 0.359 e.